The molecule has 1 aromatic heterocycles. The number of ether oxygens (including phenoxy) is 1. The fourth-order valence-electron chi connectivity index (χ4n) is 2.06. The van der Waals surface area contributed by atoms with Crippen LogP contribution in [0, 0.1) is 6.92 Å². The summed E-state index contributed by atoms with van der Waals surface area (Å²) in [6.07, 6.45) is 0. The second-order valence-electron chi connectivity index (χ2n) is 4.07. The van der Waals surface area contributed by atoms with Gasteiger partial charge in [0.15, 0.2) is 0 Å². The Hall–Kier alpha value is -1.81. The number of nitrogens with two attached hydrogens (primary N) is 1. The molecule has 1 aliphatic heterocycles. The van der Waals surface area contributed by atoms with Crippen molar-refractivity contribution >= 4 is 17.2 Å². The maximum Gasteiger partial charge on any atom is 0.258 e. The van der Waals surface area contributed by atoms with Gasteiger partial charge in [0.1, 0.15) is 12.4 Å². The summed E-state index contributed by atoms with van der Waals surface area (Å²) in [4.78, 5) is 12.9. The van der Waals surface area contributed by atoms with Gasteiger partial charge in [-0.1, -0.05) is 12.1 Å². The first-order chi connectivity index (χ1) is 8.16. The van der Waals surface area contributed by atoms with Crippen molar-refractivity contribution in [3.05, 3.63) is 40.3 Å². The molecule has 3 nitrogen and oxygen atoms in total. The fraction of sp³-hybridized carbons (Fsp3) is 0.154. The number of thiophene rings is 1. The molecule has 0 aliphatic carbocycles. The molecule has 0 atom stereocenters. The third-order valence-corrected chi connectivity index (χ3v) is 4.11. The molecule has 1 aliphatic rings. The monoisotopic (exact) mass is 245 g/mol. The number of para-hydroxylation sites is 1. The van der Waals surface area contributed by atoms with E-state index in [1.165, 1.54) is 11.3 Å². The first-order valence-electron chi connectivity index (χ1n) is 5.32. The van der Waals surface area contributed by atoms with Crippen LogP contribution in [0.3, 0.4) is 0 Å². The SMILES string of the molecule is Cc1cccc2c1OCc1cc(C(N)=O)sc1-2. The number of amides is 1. The van der Waals surface area contributed by atoms with Gasteiger partial charge in [0.05, 0.1) is 4.88 Å². The van der Waals surface area contributed by atoms with Crippen LogP contribution >= 0.6 is 11.3 Å². The number of fused-ring (bicyclic) bond motifs is 3. The largest absolute Gasteiger partial charge is 0.488 e. The highest BCUT2D eigenvalue weighted by Gasteiger charge is 2.22. The number of aryl methyl sites for hydroxylation is 1. The number of hydrogen-bond acceptors (Lipinski definition) is 3. The molecule has 1 amide bonds. The average Bonchev–Trinajstić information content (AvgIpc) is 2.73. The summed E-state index contributed by atoms with van der Waals surface area (Å²) in [6, 6.07) is 7.86. The van der Waals surface area contributed by atoms with Crippen LogP contribution in [0.15, 0.2) is 24.3 Å². The summed E-state index contributed by atoms with van der Waals surface area (Å²) in [5.74, 6) is 0.538. The molecule has 2 N–H and O–H groups in total. The normalized spacial score (nSPS) is 12.5. The number of rotatable bonds is 1. The lowest BCUT2D eigenvalue weighted by Crippen LogP contribution is -2.08. The highest BCUT2D eigenvalue weighted by Crippen LogP contribution is 2.43. The van der Waals surface area contributed by atoms with Gasteiger partial charge in [0.2, 0.25) is 0 Å². The molecule has 0 bridgehead atoms. The molecule has 1 aromatic carbocycles. The minimum atomic E-state index is -0.376. The lowest BCUT2D eigenvalue weighted by Gasteiger charge is -2.19. The molecule has 0 fully saturated rings. The zero-order valence-corrected chi connectivity index (χ0v) is 10.1. The number of carbonyl (C=O) groups is 1. The van der Waals surface area contributed by atoms with Gasteiger partial charge in [0, 0.05) is 16.0 Å². The van der Waals surface area contributed by atoms with Gasteiger partial charge in [0.25, 0.3) is 5.91 Å². The van der Waals surface area contributed by atoms with Crippen LogP contribution in [0.1, 0.15) is 20.8 Å². The summed E-state index contributed by atoms with van der Waals surface area (Å²) < 4.78 is 5.73. The summed E-state index contributed by atoms with van der Waals surface area (Å²) in [6.45, 7) is 2.53. The topological polar surface area (TPSA) is 52.3 Å². The molecule has 0 radical (unpaired) electrons. The van der Waals surface area contributed by atoms with E-state index in [9.17, 15) is 4.79 Å². The molecule has 0 saturated heterocycles. The molecular formula is C13H11NO2S. The minimum absolute atomic E-state index is 0.376. The summed E-state index contributed by atoms with van der Waals surface area (Å²) in [5, 5.41) is 0. The van der Waals surface area contributed by atoms with Gasteiger partial charge in [-0.2, -0.15) is 0 Å². The van der Waals surface area contributed by atoms with Gasteiger partial charge < -0.3 is 10.5 Å². The Kier molecular flexibility index (Phi) is 2.19. The first-order valence-corrected chi connectivity index (χ1v) is 6.14. The van der Waals surface area contributed by atoms with Crippen molar-refractivity contribution in [3.63, 3.8) is 0 Å². The second kappa shape index (κ2) is 3.60. The Bertz CT molecular complexity index is 616. The van der Waals surface area contributed by atoms with Crippen LogP contribution in [0.5, 0.6) is 5.75 Å². The maximum absolute atomic E-state index is 11.2. The number of hydrogen-bond donors (Lipinski definition) is 1. The first kappa shape index (κ1) is 10.4. The predicted molar refractivity (Wildman–Crippen MR) is 67.3 cm³/mol. The Morgan fingerprint density at radius 3 is 3.06 bits per heavy atom. The van der Waals surface area contributed by atoms with Gasteiger partial charge >= 0.3 is 0 Å². The summed E-state index contributed by atoms with van der Waals surface area (Å²) >= 11 is 1.44. The van der Waals surface area contributed by atoms with Crippen molar-refractivity contribution in [3.8, 4) is 16.2 Å². The molecule has 2 heterocycles. The van der Waals surface area contributed by atoms with Crippen molar-refractivity contribution in [2.24, 2.45) is 5.73 Å². The highest BCUT2D eigenvalue weighted by molar-refractivity contribution is 7.17. The molecule has 4 heteroatoms. The molecule has 86 valence electrons. The summed E-state index contributed by atoms with van der Waals surface area (Å²) in [7, 11) is 0. The zero-order valence-electron chi connectivity index (χ0n) is 9.32. The smallest absolute Gasteiger partial charge is 0.258 e. The lowest BCUT2D eigenvalue weighted by molar-refractivity contribution is 0.100. The van der Waals surface area contributed by atoms with Gasteiger partial charge in [-0.3, -0.25) is 4.79 Å². The van der Waals surface area contributed by atoms with E-state index in [2.05, 4.69) is 0 Å². The number of carbonyl (C=O) groups excluding carboxylic acids is 1. The van der Waals surface area contributed by atoms with Crippen LogP contribution in [-0.4, -0.2) is 5.91 Å². The Morgan fingerprint density at radius 2 is 2.29 bits per heavy atom. The van der Waals surface area contributed by atoms with Crippen LogP contribution in [0.25, 0.3) is 10.4 Å². The Balaban J connectivity index is 2.22. The average molecular weight is 245 g/mol. The highest BCUT2D eigenvalue weighted by atomic mass is 32.1. The van der Waals surface area contributed by atoms with E-state index in [0.29, 0.717) is 11.5 Å². The zero-order chi connectivity index (χ0) is 12.0. The van der Waals surface area contributed by atoms with E-state index in [1.807, 2.05) is 31.2 Å². The van der Waals surface area contributed by atoms with Crippen LogP contribution in [-0.2, 0) is 6.61 Å². The maximum atomic E-state index is 11.2. The van der Waals surface area contributed by atoms with E-state index in [1.54, 1.807) is 0 Å². The fourth-order valence-corrected chi connectivity index (χ4v) is 3.10. The van der Waals surface area contributed by atoms with Gasteiger partial charge in [-0.15, -0.1) is 11.3 Å². The van der Waals surface area contributed by atoms with Crippen molar-refractivity contribution in [2.45, 2.75) is 13.5 Å². The molecule has 0 saturated carbocycles. The second-order valence-corrected chi connectivity index (χ2v) is 5.12. The van der Waals surface area contributed by atoms with Crippen LogP contribution in [0.2, 0.25) is 0 Å². The molecule has 0 spiro atoms. The Labute approximate surface area is 103 Å². The standard InChI is InChI=1S/C13H11NO2S/c1-7-3-2-4-9-11(7)16-6-8-5-10(13(14)15)17-12(8)9/h2-5H,6H2,1H3,(H2,14,15). The van der Waals surface area contributed by atoms with Gasteiger partial charge in [-0.05, 0) is 24.6 Å². The van der Waals surface area contributed by atoms with E-state index in [-0.39, 0.29) is 5.91 Å². The molecule has 2 aromatic rings. The molecular weight excluding hydrogens is 234 g/mol. The predicted octanol–water partition coefficient (Wildman–Crippen LogP) is 2.71. The third-order valence-electron chi connectivity index (χ3n) is 2.88. The Morgan fingerprint density at radius 1 is 1.47 bits per heavy atom. The van der Waals surface area contributed by atoms with Crippen molar-refractivity contribution in [1.82, 2.24) is 0 Å². The lowest BCUT2D eigenvalue weighted by atomic mass is 10.0. The molecule has 3 rings (SSSR count). The summed E-state index contributed by atoms with van der Waals surface area (Å²) in [5.41, 5.74) is 8.52. The van der Waals surface area contributed by atoms with Gasteiger partial charge in [-0.25, -0.2) is 0 Å². The quantitative estimate of drug-likeness (QED) is 0.839. The van der Waals surface area contributed by atoms with E-state index in [0.717, 1.165) is 27.3 Å². The van der Waals surface area contributed by atoms with Crippen molar-refractivity contribution < 1.29 is 9.53 Å². The van der Waals surface area contributed by atoms with Crippen molar-refractivity contribution in [1.29, 1.82) is 0 Å². The third kappa shape index (κ3) is 1.52. The van der Waals surface area contributed by atoms with Crippen LogP contribution in [0.4, 0.5) is 0 Å². The van der Waals surface area contributed by atoms with E-state index in [4.69, 9.17) is 10.5 Å². The van der Waals surface area contributed by atoms with Crippen molar-refractivity contribution in [2.75, 3.05) is 0 Å². The van der Waals surface area contributed by atoms with E-state index >= 15 is 0 Å². The minimum Gasteiger partial charge on any atom is -0.488 e. The van der Waals surface area contributed by atoms with Crippen LogP contribution < -0.4 is 10.5 Å². The molecule has 0 unspecified atom stereocenters. The van der Waals surface area contributed by atoms with E-state index < -0.39 is 0 Å². The number of benzene rings is 1. The molecule has 17 heavy (non-hydrogen) atoms. The number of primary amides is 1.